The minimum atomic E-state index is -0.967. The van der Waals surface area contributed by atoms with E-state index in [-0.39, 0.29) is 18.7 Å². The molecule has 0 aliphatic heterocycles. The lowest BCUT2D eigenvalue weighted by Gasteiger charge is -2.04. The SMILES string of the molecule is Cc1n[nH]c(C)c1CNC(=O)CCC(=O)O. The van der Waals surface area contributed by atoms with Crippen molar-refractivity contribution < 1.29 is 14.7 Å². The molecule has 0 spiro atoms. The van der Waals surface area contributed by atoms with Gasteiger partial charge < -0.3 is 10.4 Å². The molecule has 1 heterocycles. The summed E-state index contributed by atoms with van der Waals surface area (Å²) in [6.45, 7) is 4.10. The van der Waals surface area contributed by atoms with Gasteiger partial charge >= 0.3 is 5.97 Å². The van der Waals surface area contributed by atoms with Crippen LogP contribution in [0.5, 0.6) is 0 Å². The predicted molar refractivity (Wildman–Crippen MR) is 56.8 cm³/mol. The third kappa shape index (κ3) is 3.38. The summed E-state index contributed by atoms with van der Waals surface area (Å²) in [5, 5.41) is 17.9. The molecule has 0 radical (unpaired) electrons. The molecular weight excluding hydrogens is 210 g/mol. The van der Waals surface area contributed by atoms with Crippen molar-refractivity contribution in [3.8, 4) is 0 Å². The molecule has 0 aromatic carbocycles. The fourth-order valence-corrected chi connectivity index (χ4v) is 1.33. The van der Waals surface area contributed by atoms with Crippen molar-refractivity contribution in [2.45, 2.75) is 33.2 Å². The zero-order valence-electron chi connectivity index (χ0n) is 9.33. The zero-order valence-corrected chi connectivity index (χ0v) is 9.33. The van der Waals surface area contributed by atoms with Crippen LogP contribution in [-0.4, -0.2) is 27.2 Å². The topological polar surface area (TPSA) is 95.1 Å². The van der Waals surface area contributed by atoms with Gasteiger partial charge in [0, 0.05) is 24.2 Å². The van der Waals surface area contributed by atoms with Crippen LogP contribution in [0.25, 0.3) is 0 Å². The summed E-state index contributed by atoms with van der Waals surface area (Å²) >= 11 is 0. The van der Waals surface area contributed by atoms with E-state index in [1.54, 1.807) is 0 Å². The second-order valence-corrected chi connectivity index (χ2v) is 3.58. The first-order valence-electron chi connectivity index (χ1n) is 4.99. The number of carboxylic acids is 1. The van der Waals surface area contributed by atoms with Gasteiger partial charge in [-0.3, -0.25) is 14.7 Å². The van der Waals surface area contributed by atoms with E-state index in [1.165, 1.54) is 0 Å². The number of carbonyl (C=O) groups excluding carboxylic acids is 1. The van der Waals surface area contributed by atoms with Gasteiger partial charge in [0.2, 0.25) is 5.91 Å². The molecule has 6 heteroatoms. The normalized spacial score (nSPS) is 10.1. The molecule has 0 bridgehead atoms. The standard InChI is InChI=1S/C10H15N3O3/c1-6-8(7(2)13-12-6)5-11-9(14)3-4-10(15)16/h3-5H2,1-2H3,(H,11,14)(H,12,13)(H,15,16). The fourth-order valence-electron chi connectivity index (χ4n) is 1.33. The third-order valence-electron chi connectivity index (χ3n) is 2.31. The molecule has 0 aliphatic rings. The van der Waals surface area contributed by atoms with Gasteiger partial charge in [-0.1, -0.05) is 0 Å². The number of amides is 1. The van der Waals surface area contributed by atoms with Crippen LogP contribution >= 0.6 is 0 Å². The summed E-state index contributed by atoms with van der Waals surface area (Å²) in [6, 6.07) is 0. The molecule has 0 saturated heterocycles. The van der Waals surface area contributed by atoms with Crippen molar-refractivity contribution in [3.63, 3.8) is 0 Å². The fraction of sp³-hybridized carbons (Fsp3) is 0.500. The van der Waals surface area contributed by atoms with Crippen molar-refractivity contribution in [3.05, 3.63) is 17.0 Å². The lowest BCUT2D eigenvalue weighted by atomic mass is 10.2. The molecule has 1 aromatic heterocycles. The number of nitrogens with zero attached hydrogens (tertiary/aromatic N) is 1. The molecule has 1 amide bonds. The van der Waals surface area contributed by atoms with Crippen molar-refractivity contribution >= 4 is 11.9 Å². The molecule has 16 heavy (non-hydrogen) atoms. The number of aromatic amines is 1. The maximum atomic E-state index is 11.3. The number of hydrogen-bond acceptors (Lipinski definition) is 3. The molecule has 0 saturated carbocycles. The first kappa shape index (κ1) is 12.2. The summed E-state index contributed by atoms with van der Waals surface area (Å²) in [4.78, 5) is 21.5. The van der Waals surface area contributed by atoms with Gasteiger partial charge in [0.25, 0.3) is 0 Å². The quantitative estimate of drug-likeness (QED) is 0.680. The van der Waals surface area contributed by atoms with Gasteiger partial charge in [-0.05, 0) is 13.8 Å². The Morgan fingerprint density at radius 2 is 2.06 bits per heavy atom. The zero-order chi connectivity index (χ0) is 12.1. The highest BCUT2D eigenvalue weighted by Gasteiger charge is 2.09. The number of H-pyrrole nitrogens is 1. The molecule has 6 nitrogen and oxygen atoms in total. The summed E-state index contributed by atoms with van der Waals surface area (Å²) in [5.74, 6) is -1.23. The van der Waals surface area contributed by atoms with E-state index in [2.05, 4.69) is 15.5 Å². The van der Waals surface area contributed by atoms with Crippen LogP contribution < -0.4 is 5.32 Å². The number of nitrogens with one attached hydrogen (secondary N) is 2. The van der Waals surface area contributed by atoms with E-state index >= 15 is 0 Å². The maximum absolute atomic E-state index is 11.3. The van der Waals surface area contributed by atoms with E-state index in [0.29, 0.717) is 6.54 Å². The van der Waals surface area contributed by atoms with Crippen LogP contribution in [0.3, 0.4) is 0 Å². The van der Waals surface area contributed by atoms with E-state index in [0.717, 1.165) is 17.0 Å². The Morgan fingerprint density at radius 3 is 2.56 bits per heavy atom. The highest BCUT2D eigenvalue weighted by molar-refractivity contribution is 5.80. The Labute approximate surface area is 93.1 Å². The minimum Gasteiger partial charge on any atom is -0.481 e. The Morgan fingerprint density at radius 1 is 1.38 bits per heavy atom. The number of aryl methyl sites for hydroxylation is 2. The Balaban J connectivity index is 2.40. The molecule has 1 rings (SSSR count). The summed E-state index contributed by atoms with van der Waals surface area (Å²) in [7, 11) is 0. The van der Waals surface area contributed by atoms with Crippen molar-refractivity contribution in [1.82, 2.24) is 15.5 Å². The van der Waals surface area contributed by atoms with Gasteiger partial charge in [0.05, 0.1) is 12.1 Å². The van der Waals surface area contributed by atoms with Crippen molar-refractivity contribution in [1.29, 1.82) is 0 Å². The van der Waals surface area contributed by atoms with Gasteiger partial charge in [0.15, 0.2) is 0 Å². The van der Waals surface area contributed by atoms with Gasteiger partial charge in [-0.2, -0.15) is 5.10 Å². The molecule has 0 fully saturated rings. The third-order valence-corrected chi connectivity index (χ3v) is 2.31. The highest BCUT2D eigenvalue weighted by atomic mass is 16.4. The molecule has 0 atom stereocenters. The van der Waals surface area contributed by atoms with Crippen molar-refractivity contribution in [2.24, 2.45) is 0 Å². The number of aromatic nitrogens is 2. The highest BCUT2D eigenvalue weighted by Crippen LogP contribution is 2.08. The van der Waals surface area contributed by atoms with Crippen LogP contribution in [0.1, 0.15) is 29.8 Å². The minimum absolute atomic E-state index is 0.00524. The van der Waals surface area contributed by atoms with Gasteiger partial charge in [-0.25, -0.2) is 0 Å². The first-order chi connectivity index (χ1) is 7.50. The summed E-state index contributed by atoms with van der Waals surface area (Å²) in [6.07, 6.45) is -0.138. The Kier molecular flexibility index (Phi) is 4.04. The second kappa shape index (κ2) is 5.29. The number of aliphatic carboxylic acids is 1. The average molecular weight is 225 g/mol. The molecule has 3 N–H and O–H groups in total. The largest absolute Gasteiger partial charge is 0.481 e. The lowest BCUT2D eigenvalue weighted by molar-refractivity contribution is -0.138. The van der Waals surface area contributed by atoms with E-state index in [9.17, 15) is 9.59 Å². The van der Waals surface area contributed by atoms with Gasteiger partial charge in [-0.15, -0.1) is 0 Å². The molecule has 88 valence electrons. The molecule has 1 aromatic rings. The van der Waals surface area contributed by atoms with Gasteiger partial charge in [0.1, 0.15) is 0 Å². The Bertz CT molecular complexity index is 379. The molecular formula is C10H15N3O3. The van der Waals surface area contributed by atoms with E-state index in [1.807, 2.05) is 13.8 Å². The second-order valence-electron chi connectivity index (χ2n) is 3.58. The smallest absolute Gasteiger partial charge is 0.303 e. The maximum Gasteiger partial charge on any atom is 0.303 e. The summed E-state index contributed by atoms with van der Waals surface area (Å²) < 4.78 is 0. The van der Waals surface area contributed by atoms with E-state index in [4.69, 9.17) is 5.11 Å². The molecule has 0 unspecified atom stereocenters. The number of carbonyl (C=O) groups is 2. The number of carboxylic acid groups (broad SMARTS) is 1. The number of hydrogen-bond donors (Lipinski definition) is 3. The lowest BCUT2D eigenvalue weighted by Crippen LogP contribution is -2.23. The van der Waals surface area contributed by atoms with Crippen LogP contribution in [0.15, 0.2) is 0 Å². The Hall–Kier alpha value is -1.85. The molecule has 0 aliphatic carbocycles. The monoisotopic (exact) mass is 225 g/mol. The van der Waals surface area contributed by atoms with Crippen molar-refractivity contribution in [2.75, 3.05) is 0 Å². The van der Waals surface area contributed by atoms with Crippen LogP contribution in [-0.2, 0) is 16.1 Å². The van der Waals surface area contributed by atoms with Crippen LogP contribution in [0, 0.1) is 13.8 Å². The van der Waals surface area contributed by atoms with Crippen LogP contribution in [0.4, 0.5) is 0 Å². The predicted octanol–water partition coefficient (Wildman–Crippen LogP) is 0.508. The first-order valence-corrected chi connectivity index (χ1v) is 4.99. The van der Waals surface area contributed by atoms with E-state index < -0.39 is 5.97 Å². The van der Waals surface area contributed by atoms with Crippen LogP contribution in [0.2, 0.25) is 0 Å². The number of rotatable bonds is 5. The average Bonchev–Trinajstić information content (AvgIpc) is 2.53. The summed E-state index contributed by atoms with van der Waals surface area (Å²) in [5.41, 5.74) is 2.70.